The topological polar surface area (TPSA) is 67.8 Å². The second-order valence-corrected chi connectivity index (χ2v) is 7.90. The van der Waals surface area contributed by atoms with E-state index < -0.39 is 0 Å². The highest BCUT2D eigenvalue weighted by Crippen LogP contribution is 2.23. The number of halogens is 2. The summed E-state index contributed by atoms with van der Waals surface area (Å²) in [6, 6.07) is 10.1. The molecular formula is C23H32ClIN4O2. The third-order valence-electron chi connectivity index (χ3n) is 4.97. The van der Waals surface area contributed by atoms with Gasteiger partial charge in [-0.2, -0.15) is 0 Å². The normalized spacial score (nSPS) is 16.0. The van der Waals surface area contributed by atoms with Crippen LogP contribution in [0.4, 0.5) is 0 Å². The summed E-state index contributed by atoms with van der Waals surface area (Å²) in [7, 11) is 0. The molecule has 8 heteroatoms. The molecule has 0 radical (unpaired) electrons. The van der Waals surface area contributed by atoms with Crippen LogP contribution < -0.4 is 15.4 Å². The second kappa shape index (κ2) is 13.8. The Balaban J connectivity index is 0.00000341. The standard InChI is InChI=1S/C23H31ClN4O2.HI/c1-3-25-23(26-10-8-18-5-7-22(24)27-13-18)28-14-20-6-4-17(2)12-21(20)30-16-19-9-11-29-15-19;/h4-7,12-13,19H,3,8-11,14-16H2,1-2H3,(H2,25,26,28);1H. The molecule has 0 aliphatic carbocycles. The van der Waals surface area contributed by atoms with E-state index in [1.54, 1.807) is 6.20 Å². The Hall–Kier alpha value is -1.58. The molecule has 0 saturated carbocycles. The van der Waals surface area contributed by atoms with Gasteiger partial charge in [0.1, 0.15) is 10.9 Å². The first-order valence-electron chi connectivity index (χ1n) is 10.6. The third kappa shape index (κ3) is 8.82. The number of ether oxygens (including phenoxy) is 2. The minimum absolute atomic E-state index is 0. The van der Waals surface area contributed by atoms with Gasteiger partial charge >= 0.3 is 0 Å². The summed E-state index contributed by atoms with van der Waals surface area (Å²) < 4.78 is 11.6. The molecule has 1 aliphatic rings. The number of nitrogens with one attached hydrogen (secondary N) is 2. The third-order valence-corrected chi connectivity index (χ3v) is 5.19. The number of aryl methyl sites for hydroxylation is 1. The molecular weight excluding hydrogens is 527 g/mol. The zero-order chi connectivity index (χ0) is 21.2. The first kappa shape index (κ1) is 25.7. The number of pyridine rings is 1. The van der Waals surface area contributed by atoms with Crippen molar-refractivity contribution in [2.75, 3.05) is 32.9 Å². The maximum Gasteiger partial charge on any atom is 0.191 e. The number of aliphatic imine (C=N–C) groups is 1. The zero-order valence-electron chi connectivity index (χ0n) is 18.2. The van der Waals surface area contributed by atoms with Crippen LogP contribution in [0.25, 0.3) is 0 Å². The van der Waals surface area contributed by atoms with Crippen LogP contribution in [0.3, 0.4) is 0 Å². The van der Waals surface area contributed by atoms with Crippen LogP contribution in [0.5, 0.6) is 5.75 Å². The van der Waals surface area contributed by atoms with Crippen molar-refractivity contribution in [3.8, 4) is 5.75 Å². The lowest BCUT2D eigenvalue weighted by Crippen LogP contribution is -2.38. The van der Waals surface area contributed by atoms with E-state index in [0.29, 0.717) is 24.2 Å². The molecule has 0 amide bonds. The van der Waals surface area contributed by atoms with E-state index in [1.165, 1.54) is 5.56 Å². The summed E-state index contributed by atoms with van der Waals surface area (Å²) in [5.74, 6) is 2.17. The van der Waals surface area contributed by atoms with E-state index >= 15 is 0 Å². The van der Waals surface area contributed by atoms with Crippen LogP contribution in [-0.2, 0) is 17.7 Å². The smallest absolute Gasteiger partial charge is 0.191 e. The van der Waals surface area contributed by atoms with Crippen molar-refractivity contribution < 1.29 is 9.47 Å². The van der Waals surface area contributed by atoms with Gasteiger partial charge < -0.3 is 20.1 Å². The number of guanidine groups is 1. The Morgan fingerprint density at radius 3 is 2.87 bits per heavy atom. The molecule has 3 rings (SSSR count). The van der Waals surface area contributed by atoms with Gasteiger partial charge in [-0.3, -0.25) is 0 Å². The number of aromatic nitrogens is 1. The summed E-state index contributed by atoms with van der Waals surface area (Å²) in [4.78, 5) is 8.87. The summed E-state index contributed by atoms with van der Waals surface area (Å²) in [5.41, 5.74) is 3.40. The van der Waals surface area contributed by atoms with Gasteiger partial charge in [0.25, 0.3) is 0 Å². The molecule has 6 nitrogen and oxygen atoms in total. The lowest BCUT2D eigenvalue weighted by Gasteiger charge is -2.15. The monoisotopic (exact) mass is 558 g/mol. The number of rotatable bonds is 9. The van der Waals surface area contributed by atoms with Crippen molar-refractivity contribution >= 4 is 41.5 Å². The SMILES string of the molecule is CCNC(=NCc1ccc(C)cc1OCC1CCOC1)NCCc1ccc(Cl)nc1.I. The van der Waals surface area contributed by atoms with Crippen LogP contribution in [0.15, 0.2) is 41.5 Å². The average Bonchev–Trinajstić information content (AvgIpc) is 3.26. The molecule has 1 saturated heterocycles. The van der Waals surface area contributed by atoms with Gasteiger partial charge in [-0.1, -0.05) is 29.8 Å². The van der Waals surface area contributed by atoms with Crippen LogP contribution in [-0.4, -0.2) is 43.9 Å². The minimum Gasteiger partial charge on any atom is -0.493 e. The fourth-order valence-corrected chi connectivity index (χ4v) is 3.35. The van der Waals surface area contributed by atoms with Crippen molar-refractivity contribution in [1.82, 2.24) is 15.6 Å². The molecule has 1 atom stereocenters. The molecule has 1 fully saturated rings. The lowest BCUT2D eigenvalue weighted by molar-refractivity contribution is 0.166. The number of hydrogen-bond donors (Lipinski definition) is 2. The first-order valence-corrected chi connectivity index (χ1v) is 10.9. The van der Waals surface area contributed by atoms with E-state index in [1.807, 2.05) is 12.1 Å². The second-order valence-electron chi connectivity index (χ2n) is 7.51. The molecule has 1 aromatic heterocycles. The van der Waals surface area contributed by atoms with Crippen LogP contribution in [0.1, 0.15) is 30.0 Å². The molecule has 0 bridgehead atoms. The van der Waals surface area contributed by atoms with Crippen molar-refractivity contribution in [2.24, 2.45) is 10.9 Å². The fourth-order valence-electron chi connectivity index (χ4n) is 3.23. The van der Waals surface area contributed by atoms with Crippen molar-refractivity contribution in [3.05, 3.63) is 58.4 Å². The van der Waals surface area contributed by atoms with Gasteiger partial charge in [0.05, 0.1) is 19.8 Å². The first-order chi connectivity index (χ1) is 14.6. The molecule has 31 heavy (non-hydrogen) atoms. The van der Waals surface area contributed by atoms with E-state index in [4.69, 9.17) is 26.1 Å². The van der Waals surface area contributed by atoms with Crippen molar-refractivity contribution in [1.29, 1.82) is 0 Å². The van der Waals surface area contributed by atoms with Crippen LogP contribution in [0, 0.1) is 12.8 Å². The summed E-state index contributed by atoms with van der Waals surface area (Å²) >= 11 is 5.85. The van der Waals surface area contributed by atoms with Gasteiger partial charge in [-0.25, -0.2) is 9.98 Å². The Kier molecular flexibility index (Phi) is 11.4. The highest BCUT2D eigenvalue weighted by Gasteiger charge is 2.17. The van der Waals surface area contributed by atoms with E-state index in [2.05, 4.69) is 47.7 Å². The zero-order valence-corrected chi connectivity index (χ0v) is 21.3. The van der Waals surface area contributed by atoms with Gasteiger partial charge in [0.2, 0.25) is 0 Å². The highest BCUT2D eigenvalue weighted by atomic mass is 127. The number of hydrogen-bond acceptors (Lipinski definition) is 4. The Morgan fingerprint density at radius 2 is 2.16 bits per heavy atom. The Morgan fingerprint density at radius 1 is 1.29 bits per heavy atom. The molecule has 1 unspecified atom stereocenters. The largest absolute Gasteiger partial charge is 0.493 e. The van der Waals surface area contributed by atoms with Crippen molar-refractivity contribution in [3.63, 3.8) is 0 Å². The quantitative estimate of drug-likeness (QED) is 0.207. The number of nitrogens with zero attached hydrogens (tertiary/aromatic N) is 2. The summed E-state index contributed by atoms with van der Waals surface area (Å²) in [6.07, 6.45) is 3.72. The summed E-state index contributed by atoms with van der Waals surface area (Å²) in [6.45, 7) is 8.56. The molecule has 1 aromatic carbocycles. The van der Waals surface area contributed by atoms with E-state index in [-0.39, 0.29) is 24.0 Å². The summed E-state index contributed by atoms with van der Waals surface area (Å²) in [5, 5.41) is 7.20. The molecule has 0 spiro atoms. The maximum absolute atomic E-state index is 6.13. The van der Waals surface area contributed by atoms with E-state index in [0.717, 1.165) is 62.0 Å². The van der Waals surface area contributed by atoms with Crippen LogP contribution in [0.2, 0.25) is 5.15 Å². The number of benzene rings is 1. The fraction of sp³-hybridized carbons (Fsp3) is 0.478. The molecule has 2 N–H and O–H groups in total. The van der Waals surface area contributed by atoms with Gasteiger partial charge in [-0.15, -0.1) is 24.0 Å². The average molecular weight is 559 g/mol. The van der Waals surface area contributed by atoms with Crippen LogP contribution >= 0.6 is 35.6 Å². The van der Waals surface area contributed by atoms with Gasteiger partial charge in [0.15, 0.2) is 5.96 Å². The van der Waals surface area contributed by atoms with E-state index in [9.17, 15) is 0 Å². The molecule has 2 heterocycles. The Labute approximate surface area is 207 Å². The van der Waals surface area contributed by atoms with Crippen molar-refractivity contribution in [2.45, 2.75) is 33.2 Å². The predicted octanol–water partition coefficient (Wildman–Crippen LogP) is 4.37. The molecule has 1 aliphatic heterocycles. The molecule has 170 valence electrons. The minimum atomic E-state index is 0. The van der Waals surface area contributed by atoms with Gasteiger partial charge in [-0.05, 0) is 49.9 Å². The predicted molar refractivity (Wildman–Crippen MR) is 137 cm³/mol. The maximum atomic E-state index is 6.13. The lowest BCUT2D eigenvalue weighted by atomic mass is 10.1. The molecule has 2 aromatic rings. The highest BCUT2D eigenvalue weighted by molar-refractivity contribution is 14.0. The van der Waals surface area contributed by atoms with Gasteiger partial charge in [0, 0.05) is 37.4 Å². The Bertz CT molecular complexity index is 827.